The van der Waals surface area contributed by atoms with E-state index in [2.05, 4.69) is 39.4 Å². The average Bonchev–Trinajstić information content (AvgIpc) is 2.45. The predicted molar refractivity (Wildman–Crippen MR) is 92.4 cm³/mol. The van der Waals surface area contributed by atoms with Gasteiger partial charge in [0.15, 0.2) is 0 Å². The van der Waals surface area contributed by atoms with Crippen LogP contribution < -0.4 is 10.1 Å². The fraction of sp³-hybridized carbons (Fsp3) is 0.294. The van der Waals surface area contributed by atoms with E-state index >= 15 is 0 Å². The average molecular weight is 369 g/mol. The second kappa shape index (κ2) is 7.30. The molecular formula is C17H19BrClNO. The van der Waals surface area contributed by atoms with Crippen molar-refractivity contribution in [3.05, 3.63) is 62.6 Å². The van der Waals surface area contributed by atoms with Crippen LogP contribution in [0.4, 0.5) is 0 Å². The van der Waals surface area contributed by atoms with Crippen molar-refractivity contribution in [3.8, 4) is 5.75 Å². The molecule has 0 aromatic heterocycles. The van der Waals surface area contributed by atoms with E-state index in [1.54, 1.807) is 7.11 Å². The van der Waals surface area contributed by atoms with E-state index in [0.717, 1.165) is 32.8 Å². The molecule has 0 aliphatic rings. The van der Waals surface area contributed by atoms with E-state index in [1.165, 1.54) is 5.56 Å². The summed E-state index contributed by atoms with van der Waals surface area (Å²) in [7, 11) is 3.64. The van der Waals surface area contributed by atoms with Gasteiger partial charge in [0.05, 0.1) is 7.11 Å². The van der Waals surface area contributed by atoms with Crippen LogP contribution in [0.5, 0.6) is 5.75 Å². The first-order valence-corrected chi connectivity index (χ1v) is 7.98. The molecule has 0 spiro atoms. The molecule has 2 nitrogen and oxygen atoms in total. The molecule has 0 radical (unpaired) electrons. The summed E-state index contributed by atoms with van der Waals surface area (Å²) < 4.78 is 6.49. The number of ether oxygens (including phenoxy) is 1. The third-order valence-electron chi connectivity index (χ3n) is 3.55. The number of likely N-dealkylation sites (N-methyl/N-ethyl adjacent to an activating group) is 1. The fourth-order valence-corrected chi connectivity index (χ4v) is 3.18. The van der Waals surface area contributed by atoms with Crippen LogP contribution in [0.15, 0.2) is 40.9 Å². The topological polar surface area (TPSA) is 21.3 Å². The molecule has 0 heterocycles. The molecule has 0 saturated carbocycles. The lowest BCUT2D eigenvalue weighted by Gasteiger charge is -2.20. The Hall–Kier alpha value is -1.03. The van der Waals surface area contributed by atoms with Gasteiger partial charge in [-0.3, -0.25) is 0 Å². The number of benzene rings is 2. The number of aryl methyl sites for hydroxylation is 1. The van der Waals surface area contributed by atoms with Crippen molar-refractivity contribution < 1.29 is 4.74 Å². The standard InChI is InChI=1S/C17H19BrClNO/c1-11-4-6-14(15(19)8-11)16(20-2)10-12-9-13(18)5-7-17(12)21-3/h4-9,16,20H,10H2,1-3H3. The van der Waals surface area contributed by atoms with Crippen molar-refractivity contribution in [1.82, 2.24) is 5.32 Å². The quantitative estimate of drug-likeness (QED) is 0.808. The maximum Gasteiger partial charge on any atom is 0.122 e. The number of hydrogen-bond acceptors (Lipinski definition) is 2. The van der Waals surface area contributed by atoms with Crippen LogP contribution in [0, 0.1) is 6.92 Å². The van der Waals surface area contributed by atoms with Crippen LogP contribution in [0.1, 0.15) is 22.7 Å². The number of nitrogens with one attached hydrogen (secondary N) is 1. The van der Waals surface area contributed by atoms with Crippen molar-refractivity contribution in [2.24, 2.45) is 0 Å². The first kappa shape index (κ1) is 16.3. The predicted octanol–water partition coefficient (Wildman–Crippen LogP) is 4.92. The zero-order chi connectivity index (χ0) is 15.4. The van der Waals surface area contributed by atoms with Gasteiger partial charge in [0, 0.05) is 15.5 Å². The molecule has 0 amide bonds. The zero-order valence-electron chi connectivity index (χ0n) is 12.4. The number of halogens is 2. The summed E-state index contributed by atoms with van der Waals surface area (Å²) in [4.78, 5) is 0. The molecule has 0 aliphatic heterocycles. The van der Waals surface area contributed by atoms with Gasteiger partial charge in [-0.1, -0.05) is 39.7 Å². The molecule has 1 unspecified atom stereocenters. The van der Waals surface area contributed by atoms with E-state index in [0.29, 0.717) is 0 Å². The van der Waals surface area contributed by atoms with Crippen LogP contribution in [-0.2, 0) is 6.42 Å². The summed E-state index contributed by atoms with van der Waals surface area (Å²) in [5, 5.41) is 4.14. The monoisotopic (exact) mass is 367 g/mol. The highest BCUT2D eigenvalue weighted by atomic mass is 79.9. The highest BCUT2D eigenvalue weighted by Crippen LogP contribution is 2.31. The summed E-state index contributed by atoms with van der Waals surface area (Å²) >= 11 is 9.91. The SMILES string of the molecule is CNC(Cc1cc(Br)ccc1OC)c1ccc(C)cc1Cl. The third-order valence-corrected chi connectivity index (χ3v) is 4.37. The first-order chi connectivity index (χ1) is 10.0. The van der Waals surface area contributed by atoms with Crippen LogP contribution in [-0.4, -0.2) is 14.2 Å². The Labute approximate surface area is 139 Å². The highest BCUT2D eigenvalue weighted by Gasteiger charge is 2.16. The molecular weight excluding hydrogens is 350 g/mol. The van der Waals surface area contributed by atoms with Gasteiger partial charge in [-0.2, -0.15) is 0 Å². The van der Waals surface area contributed by atoms with Gasteiger partial charge in [-0.05, 0) is 61.3 Å². The Bertz CT molecular complexity index is 630. The van der Waals surface area contributed by atoms with Gasteiger partial charge in [0.25, 0.3) is 0 Å². The number of methoxy groups -OCH3 is 1. The lowest BCUT2D eigenvalue weighted by Crippen LogP contribution is -2.19. The van der Waals surface area contributed by atoms with Gasteiger partial charge in [-0.15, -0.1) is 0 Å². The van der Waals surface area contributed by atoms with Crippen LogP contribution in [0.2, 0.25) is 5.02 Å². The molecule has 1 atom stereocenters. The van der Waals surface area contributed by atoms with E-state index < -0.39 is 0 Å². The van der Waals surface area contributed by atoms with E-state index in [1.807, 2.05) is 32.2 Å². The molecule has 0 saturated heterocycles. The zero-order valence-corrected chi connectivity index (χ0v) is 14.8. The molecule has 1 N–H and O–H groups in total. The minimum Gasteiger partial charge on any atom is -0.496 e. The Morgan fingerprint density at radius 2 is 2.00 bits per heavy atom. The molecule has 4 heteroatoms. The maximum absolute atomic E-state index is 6.39. The third kappa shape index (κ3) is 4.00. The lowest BCUT2D eigenvalue weighted by atomic mass is 9.97. The van der Waals surface area contributed by atoms with Gasteiger partial charge >= 0.3 is 0 Å². The molecule has 0 fully saturated rings. The van der Waals surface area contributed by atoms with Gasteiger partial charge in [0.1, 0.15) is 5.75 Å². The minimum atomic E-state index is 0.140. The second-order valence-corrected chi connectivity index (χ2v) is 6.35. The van der Waals surface area contributed by atoms with Crippen molar-refractivity contribution in [1.29, 1.82) is 0 Å². The van der Waals surface area contributed by atoms with Crippen LogP contribution in [0.25, 0.3) is 0 Å². The molecule has 112 valence electrons. The molecule has 2 rings (SSSR count). The van der Waals surface area contributed by atoms with Crippen molar-refractivity contribution in [2.75, 3.05) is 14.2 Å². The Morgan fingerprint density at radius 1 is 1.24 bits per heavy atom. The van der Waals surface area contributed by atoms with Crippen molar-refractivity contribution in [3.63, 3.8) is 0 Å². The van der Waals surface area contributed by atoms with E-state index in [4.69, 9.17) is 16.3 Å². The minimum absolute atomic E-state index is 0.140. The number of rotatable bonds is 5. The van der Waals surface area contributed by atoms with E-state index in [9.17, 15) is 0 Å². The largest absolute Gasteiger partial charge is 0.496 e. The van der Waals surface area contributed by atoms with Crippen molar-refractivity contribution >= 4 is 27.5 Å². The summed E-state index contributed by atoms with van der Waals surface area (Å²) in [5.41, 5.74) is 3.41. The molecule has 0 aliphatic carbocycles. The summed E-state index contributed by atoms with van der Waals surface area (Å²) in [5.74, 6) is 0.890. The van der Waals surface area contributed by atoms with E-state index in [-0.39, 0.29) is 6.04 Å². The van der Waals surface area contributed by atoms with Crippen LogP contribution >= 0.6 is 27.5 Å². The molecule has 2 aromatic carbocycles. The Kier molecular flexibility index (Phi) is 5.68. The molecule has 21 heavy (non-hydrogen) atoms. The highest BCUT2D eigenvalue weighted by molar-refractivity contribution is 9.10. The van der Waals surface area contributed by atoms with Gasteiger partial charge in [-0.25, -0.2) is 0 Å². The summed E-state index contributed by atoms with van der Waals surface area (Å²) in [6, 6.07) is 12.4. The summed E-state index contributed by atoms with van der Waals surface area (Å²) in [6.07, 6.45) is 0.807. The van der Waals surface area contributed by atoms with Gasteiger partial charge < -0.3 is 10.1 Å². The first-order valence-electron chi connectivity index (χ1n) is 6.81. The summed E-state index contributed by atoms with van der Waals surface area (Å²) in [6.45, 7) is 2.04. The van der Waals surface area contributed by atoms with Crippen LogP contribution in [0.3, 0.4) is 0 Å². The smallest absolute Gasteiger partial charge is 0.122 e. The normalized spacial score (nSPS) is 12.2. The maximum atomic E-state index is 6.39. The second-order valence-electron chi connectivity index (χ2n) is 5.03. The molecule has 2 aromatic rings. The lowest BCUT2D eigenvalue weighted by molar-refractivity contribution is 0.406. The molecule has 0 bridgehead atoms. The fourth-order valence-electron chi connectivity index (χ4n) is 2.41. The Balaban J connectivity index is 2.33. The Morgan fingerprint density at radius 3 is 2.62 bits per heavy atom. The number of hydrogen-bond donors (Lipinski definition) is 1. The van der Waals surface area contributed by atoms with Crippen molar-refractivity contribution in [2.45, 2.75) is 19.4 Å². The van der Waals surface area contributed by atoms with Gasteiger partial charge in [0.2, 0.25) is 0 Å².